The van der Waals surface area contributed by atoms with Crippen LogP contribution in [0.2, 0.25) is 0 Å². The number of allylic oxidation sites excluding steroid dienone is 1. The van der Waals surface area contributed by atoms with Crippen LogP contribution in [0.3, 0.4) is 0 Å². The van der Waals surface area contributed by atoms with Gasteiger partial charge < -0.3 is 14.2 Å². The van der Waals surface area contributed by atoms with Crippen molar-refractivity contribution in [3.63, 3.8) is 0 Å². The smallest absolute Gasteiger partial charge is 0.379 e. The molecule has 0 atom stereocenters. The van der Waals surface area contributed by atoms with Crippen molar-refractivity contribution in [1.29, 1.82) is 0 Å². The minimum Gasteiger partial charge on any atom is -0.481 e. The fraction of sp³-hybridized carbons (Fsp3) is 0.200. The second kappa shape index (κ2) is 6.06. The lowest BCUT2D eigenvalue weighted by Crippen LogP contribution is -2.03. The topological polar surface area (TPSA) is 61.8 Å². The molecule has 0 bridgehead atoms. The first-order chi connectivity index (χ1) is 9.61. The molecule has 0 fully saturated rings. The lowest BCUT2D eigenvalue weighted by Gasteiger charge is -2.04. The van der Waals surface area contributed by atoms with Crippen LogP contribution in [0, 0.1) is 0 Å². The first kappa shape index (κ1) is 13.9. The van der Waals surface area contributed by atoms with Gasteiger partial charge >= 0.3 is 11.9 Å². The van der Waals surface area contributed by atoms with E-state index < -0.39 is 11.9 Å². The number of cyclic esters (lactones) is 1. The zero-order chi connectivity index (χ0) is 14.5. The molecule has 0 aliphatic carbocycles. The van der Waals surface area contributed by atoms with Crippen LogP contribution in [-0.4, -0.2) is 19.0 Å². The lowest BCUT2D eigenvalue weighted by atomic mass is 10.2. The van der Waals surface area contributed by atoms with E-state index in [1.165, 1.54) is 7.11 Å². The van der Waals surface area contributed by atoms with Gasteiger partial charge in [0, 0.05) is 5.57 Å². The Morgan fingerprint density at radius 1 is 1.30 bits per heavy atom. The summed E-state index contributed by atoms with van der Waals surface area (Å²) in [5.41, 5.74) is 1.42. The molecule has 1 aliphatic rings. The van der Waals surface area contributed by atoms with E-state index in [0.29, 0.717) is 5.57 Å². The van der Waals surface area contributed by atoms with Gasteiger partial charge in [-0.25, -0.2) is 9.59 Å². The molecule has 0 N–H and O–H groups in total. The van der Waals surface area contributed by atoms with Crippen molar-refractivity contribution in [2.45, 2.75) is 13.5 Å². The van der Waals surface area contributed by atoms with Gasteiger partial charge in [-0.15, -0.1) is 0 Å². The first-order valence-corrected chi connectivity index (χ1v) is 6.01. The molecule has 0 saturated heterocycles. The summed E-state index contributed by atoms with van der Waals surface area (Å²) in [6.07, 6.45) is 1.12. The lowest BCUT2D eigenvalue weighted by molar-refractivity contribution is -0.137. The molecule has 1 heterocycles. The summed E-state index contributed by atoms with van der Waals surface area (Å²) in [7, 11) is 1.25. The summed E-state index contributed by atoms with van der Waals surface area (Å²) in [5.74, 6) is -0.918. The Morgan fingerprint density at radius 2 is 2.00 bits per heavy atom. The second-order valence-electron chi connectivity index (χ2n) is 4.15. The molecule has 20 heavy (non-hydrogen) atoms. The molecule has 5 nitrogen and oxygen atoms in total. The highest BCUT2D eigenvalue weighted by atomic mass is 16.6. The largest absolute Gasteiger partial charge is 0.481 e. The van der Waals surface area contributed by atoms with Crippen molar-refractivity contribution in [2.24, 2.45) is 0 Å². The molecule has 0 spiro atoms. The summed E-state index contributed by atoms with van der Waals surface area (Å²) >= 11 is 0. The molecule has 104 valence electrons. The van der Waals surface area contributed by atoms with Gasteiger partial charge in [0.05, 0.1) is 13.2 Å². The Bertz CT molecular complexity index is 584. The monoisotopic (exact) mass is 274 g/mol. The predicted octanol–water partition coefficient (Wildman–Crippen LogP) is 2.09. The summed E-state index contributed by atoms with van der Waals surface area (Å²) in [4.78, 5) is 22.8. The number of methoxy groups -OCH3 is 1. The molecule has 5 heteroatoms. The Balaban J connectivity index is 2.12. The van der Waals surface area contributed by atoms with Crippen molar-refractivity contribution in [2.75, 3.05) is 7.11 Å². The van der Waals surface area contributed by atoms with Crippen molar-refractivity contribution >= 4 is 11.9 Å². The molecule has 0 amide bonds. The number of carbonyl (C=O) groups excluding carboxylic acids is 2. The van der Waals surface area contributed by atoms with Gasteiger partial charge in [0.15, 0.2) is 0 Å². The Kier molecular flexibility index (Phi) is 4.20. The van der Waals surface area contributed by atoms with Gasteiger partial charge in [0.2, 0.25) is 5.76 Å². The molecule has 1 aliphatic heterocycles. The zero-order valence-electron chi connectivity index (χ0n) is 11.2. The maximum Gasteiger partial charge on any atom is 0.379 e. The number of rotatable bonds is 4. The van der Waals surface area contributed by atoms with E-state index in [0.717, 1.165) is 11.6 Å². The fourth-order valence-corrected chi connectivity index (χ4v) is 1.69. The number of carbonyl (C=O) groups is 2. The minimum atomic E-state index is -0.603. The van der Waals surface area contributed by atoms with Crippen LogP contribution in [0.15, 0.2) is 53.5 Å². The molecule has 0 aromatic heterocycles. The standard InChI is InChI=1S/C15H14O5/c1-10-12(8-13(16)18-2)20-15(17)14(10)19-9-11-6-4-3-5-7-11/h3-8H,9H2,1-2H3/b12-8-. The highest BCUT2D eigenvalue weighted by molar-refractivity contribution is 5.94. The maximum absolute atomic E-state index is 11.7. The van der Waals surface area contributed by atoms with Crippen LogP contribution in [0.25, 0.3) is 0 Å². The van der Waals surface area contributed by atoms with Gasteiger partial charge in [-0.2, -0.15) is 0 Å². The van der Waals surface area contributed by atoms with Gasteiger partial charge in [0.1, 0.15) is 12.4 Å². The van der Waals surface area contributed by atoms with E-state index in [1.54, 1.807) is 6.92 Å². The molecule has 0 unspecified atom stereocenters. The average molecular weight is 274 g/mol. The summed E-state index contributed by atoms with van der Waals surface area (Å²) in [5, 5.41) is 0. The summed E-state index contributed by atoms with van der Waals surface area (Å²) in [6, 6.07) is 9.45. The van der Waals surface area contributed by atoms with E-state index >= 15 is 0 Å². The molecule has 0 radical (unpaired) electrons. The van der Waals surface area contributed by atoms with E-state index in [4.69, 9.17) is 9.47 Å². The summed E-state index contributed by atoms with van der Waals surface area (Å²) in [6.45, 7) is 1.91. The minimum absolute atomic E-state index is 0.115. The number of esters is 2. The van der Waals surface area contributed by atoms with Crippen molar-refractivity contribution in [1.82, 2.24) is 0 Å². The van der Waals surface area contributed by atoms with E-state index in [2.05, 4.69) is 4.74 Å². The predicted molar refractivity (Wildman–Crippen MR) is 70.1 cm³/mol. The molecule has 1 aromatic carbocycles. The van der Waals surface area contributed by atoms with Crippen molar-refractivity contribution in [3.8, 4) is 0 Å². The normalized spacial score (nSPS) is 16.3. The molecule has 2 rings (SSSR count). The molecular formula is C15H14O5. The van der Waals surface area contributed by atoms with Crippen molar-refractivity contribution < 1.29 is 23.8 Å². The number of hydrogen-bond acceptors (Lipinski definition) is 5. The van der Waals surface area contributed by atoms with Crippen LogP contribution >= 0.6 is 0 Å². The quantitative estimate of drug-likeness (QED) is 0.621. The van der Waals surface area contributed by atoms with E-state index in [9.17, 15) is 9.59 Å². The molecular weight excluding hydrogens is 260 g/mol. The second-order valence-corrected chi connectivity index (χ2v) is 4.15. The summed E-state index contributed by atoms with van der Waals surface area (Å²) < 4.78 is 14.9. The van der Waals surface area contributed by atoms with Gasteiger partial charge in [0.25, 0.3) is 0 Å². The Morgan fingerprint density at radius 3 is 2.65 bits per heavy atom. The number of ether oxygens (including phenoxy) is 3. The van der Waals surface area contributed by atoms with Gasteiger partial charge in [-0.05, 0) is 12.5 Å². The molecule has 1 aromatic rings. The Hall–Kier alpha value is -2.56. The number of benzene rings is 1. The van der Waals surface area contributed by atoms with E-state index in [-0.39, 0.29) is 18.1 Å². The average Bonchev–Trinajstić information content (AvgIpc) is 2.72. The van der Waals surface area contributed by atoms with Crippen LogP contribution in [0.1, 0.15) is 12.5 Å². The zero-order valence-corrected chi connectivity index (χ0v) is 11.2. The first-order valence-electron chi connectivity index (χ1n) is 6.01. The number of hydrogen-bond donors (Lipinski definition) is 0. The van der Waals surface area contributed by atoms with Crippen LogP contribution in [0.4, 0.5) is 0 Å². The fourth-order valence-electron chi connectivity index (χ4n) is 1.69. The third-order valence-electron chi connectivity index (χ3n) is 2.77. The van der Waals surface area contributed by atoms with Crippen LogP contribution < -0.4 is 0 Å². The van der Waals surface area contributed by atoms with Crippen LogP contribution in [-0.2, 0) is 30.4 Å². The van der Waals surface area contributed by atoms with Crippen LogP contribution in [0.5, 0.6) is 0 Å². The third-order valence-corrected chi connectivity index (χ3v) is 2.77. The highest BCUT2D eigenvalue weighted by Crippen LogP contribution is 2.27. The SMILES string of the molecule is COC(=O)/C=C1\OC(=O)C(OCc2ccccc2)=C1C. The van der Waals surface area contributed by atoms with E-state index in [1.807, 2.05) is 30.3 Å². The van der Waals surface area contributed by atoms with Gasteiger partial charge in [-0.3, -0.25) is 0 Å². The Labute approximate surface area is 116 Å². The van der Waals surface area contributed by atoms with Gasteiger partial charge in [-0.1, -0.05) is 30.3 Å². The molecule has 0 saturated carbocycles. The third kappa shape index (κ3) is 3.06. The highest BCUT2D eigenvalue weighted by Gasteiger charge is 2.29. The van der Waals surface area contributed by atoms with Crippen molar-refractivity contribution in [3.05, 3.63) is 59.1 Å². The maximum atomic E-state index is 11.7.